The van der Waals surface area contributed by atoms with Crippen LogP contribution in [0.3, 0.4) is 0 Å². The molecule has 1 saturated heterocycles. The van der Waals surface area contributed by atoms with Crippen LogP contribution in [0.25, 0.3) is 10.8 Å². The van der Waals surface area contributed by atoms with Crippen molar-refractivity contribution in [3.8, 4) is 0 Å². The maximum atomic E-state index is 12.1. The smallest absolute Gasteiger partial charge is 0.460 e. The van der Waals surface area contributed by atoms with Gasteiger partial charge in [-0.05, 0) is 37.1 Å². The van der Waals surface area contributed by atoms with Gasteiger partial charge in [-0.1, -0.05) is 42.5 Å². The molecule has 2 aromatic carbocycles. The van der Waals surface area contributed by atoms with E-state index in [1.807, 2.05) is 39.0 Å². The first-order valence-corrected chi connectivity index (χ1v) is 9.28. The zero-order chi connectivity index (χ0) is 19.4. The van der Waals surface area contributed by atoms with Gasteiger partial charge in [-0.25, -0.2) is 0 Å². The van der Waals surface area contributed by atoms with Gasteiger partial charge in [0.15, 0.2) is 0 Å². The van der Waals surface area contributed by atoms with Crippen LogP contribution >= 0.6 is 0 Å². The van der Waals surface area contributed by atoms with Gasteiger partial charge in [0.1, 0.15) is 18.0 Å². The molecule has 27 heavy (non-hydrogen) atoms. The van der Waals surface area contributed by atoms with E-state index < -0.39 is 24.9 Å². The molecule has 0 amide bonds. The number of esters is 1. The Kier molecular flexibility index (Phi) is 5.97. The van der Waals surface area contributed by atoms with Crippen molar-refractivity contribution in [1.29, 1.82) is 0 Å². The van der Waals surface area contributed by atoms with Gasteiger partial charge in [-0.15, -0.1) is 0 Å². The molecular formula is C21H25BO5. The summed E-state index contributed by atoms with van der Waals surface area (Å²) in [5.74, 6) is -0.330. The number of hydrogen-bond acceptors (Lipinski definition) is 5. The predicted molar refractivity (Wildman–Crippen MR) is 104 cm³/mol. The standard InChI is InChI=1S/C21H25BO5/c1-21(2,3)25-20(24)12-18-11-19(14-23)27-22(26-18)13-15-8-9-16-6-4-5-7-17(16)10-15/h4-10,14,18-19H,11-13H2,1-3H3/t18-,19+/m1/s1. The summed E-state index contributed by atoms with van der Waals surface area (Å²) in [6, 6.07) is 14.3. The summed E-state index contributed by atoms with van der Waals surface area (Å²) < 4.78 is 17.0. The van der Waals surface area contributed by atoms with Crippen LogP contribution in [0.1, 0.15) is 39.2 Å². The number of rotatable bonds is 5. The molecule has 0 aliphatic carbocycles. The molecule has 1 aliphatic rings. The number of aldehydes is 1. The monoisotopic (exact) mass is 368 g/mol. The summed E-state index contributed by atoms with van der Waals surface area (Å²) in [5.41, 5.74) is 0.512. The van der Waals surface area contributed by atoms with E-state index in [0.717, 1.165) is 17.2 Å². The van der Waals surface area contributed by atoms with Crippen LogP contribution in [0.15, 0.2) is 42.5 Å². The summed E-state index contributed by atoms with van der Waals surface area (Å²) in [4.78, 5) is 23.4. The first-order chi connectivity index (χ1) is 12.8. The molecule has 142 valence electrons. The molecule has 1 heterocycles. The van der Waals surface area contributed by atoms with E-state index in [9.17, 15) is 9.59 Å². The third-order valence-corrected chi connectivity index (χ3v) is 4.35. The van der Waals surface area contributed by atoms with Gasteiger partial charge < -0.3 is 18.8 Å². The molecule has 1 aliphatic heterocycles. The minimum Gasteiger partial charge on any atom is -0.460 e. The molecule has 0 unspecified atom stereocenters. The number of carbonyl (C=O) groups excluding carboxylic acids is 2. The largest absolute Gasteiger partial charge is 0.462 e. The van der Waals surface area contributed by atoms with Gasteiger partial charge in [0, 0.05) is 12.7 Å². The second-order valence-electron chi connectivity index (χ2n) is 7.91. The van der Waals surface area contributed by atoms with Gasteiger partial charge in [0.25, 0.3) is 0 Å². The minimum absolute atomic E-state index is 0.110. The third-order valence-electron chi connectivity index (χ3n) is 4.35. The number of carbonyl (C=O) groups is 2. The minimum atomic E-state index is -0.573. The molecule has 1 fully saturated rings. The van der Waals surface area contributed by atoms with Crippen LogP contribution in [0.5, 0.6) is 0 Å². The van der Waals surface area contributed by atoms with Crippen molar-refractivity contribution in [2.75, 3.05) is 0 Å². The van der Waals surface area contributed by atoms with E-state index in [0.29, 0.717) is 12.7 Å². The summed E-state index contributed by atoms with van der Waals surface area (Å²) in [6.07, 6.45) is 0.791. The average molecular weight is 368 g/mol. The lowest BCUT2D eigenvalue weighted by atomic mass is 9.77. The normalized spacial score (nSPS) is 20.5. The van der Waals surface area contributed by atoms with E-state index in [1.165, 1.54) is 5.39 Å². The van der Waals surface area contributed by atoms with Gasteiger partial charge in [0.05, 0.1) is 12.5 Å². The highest BCUT2D eigenvalue weighted by molar-refractivity contribution is 6.44. The van der Waals surface area contributed by atoms with Gasteiger partial charge in [-0.2, -0.15) is 0 Å². The fourth-order valence-corrected chi connectivity index (χ4v) is 3.25. The Hall–Kier alpha value is -2.18. The lowest BCUT2D eigenvalue weighted by Crippen LogP contribution is -2.44. The van der Waals surface area contributed by atoms with Crippen LogP contribution < -0.4 is 0 Å². The molecule has 5 nitrogen and oxygen atoms in total. The number of hydrogen-bond donors (Lipinski definition) is 0. The molecule has 3 rings (SSSR count). The summed E-state index contributed by atoms with van der Waals surface area (Å²) in [5, 5.41) is 2.31. The molecule has 0 spiro atoms. The Morgan fingerprint density at radius 3 is 2.63 bits per heavy atom. The fraction of sp³-hybridized carbons (Fsp3) is 0.429. The summed E-state index contributed by atoms with van der Waals surface area (Å²) in [7, 11) is -0.567. The Balaban J connectivity index is 1.66. The molecule has 6 heteroatoms. The van der Waals surface area contributed by atoms with Crippen LogP contribution in [-0.2, 0) is 30.0 Å². The zero-order valence-electron chi connectivity index (χ0n) is 16.0. The van der Waals surface area contributed by atoms with Gasteiger partial charge in [-0.3, -0.25) is 4.79 Å². The fourth-order valence-electron chi connectivity index (χ4n) is 3.25. The first kappa shape index (κ1) is 19.6. The molecule has 0 N–H and O–H groups in total. The van der Waals surface area contributed by atoms with Crippen molar-refractivity contribution >= 4 is 30.1 Å². The van der Waals surface area contributed by atoms with Crippen molar-refractivity contribution in [3.63, 3.8) is 0 Å². The Morgan fingerprint density at radius 2 is 1.93 bits per heavy atom. The van der Waals surface area contributed by atoms with Crippen molar-refractivity contribution in [2.24, 2.45) is 0 Å². The van der Waals surface area contributed by atoms with Gasteiger partial charge in [0.2, 0.25) is 0 Å². The topological polar surface area (TPSA) is 61.8 Å². The van der Waals surface area contributed by atoms with Gasteiger partial charge >= 0.3 is 13.1 Å². The quantitative estimate of drug-likeness (QED) is 0.459. The van der Waals surface area contributed by atoms with E-state index in [4.69, 9.17) is 14.0 Å². The highest BCUT2D eigenvalue weighted by Crippen LogP contribution is 2.23. The second kappa shape index (κ2) is 8.23. The lowest BCUT2D eigenvalue weighted by Gasteiger charge is -2.32. The van der Waals surface area contributed by atoms with Crippen molar-refractivity contribution < 1.29 is 23.6 Å². The van der Waals surface area contributed by atoms with E-state index in [-0.39, 0.29) is 12.4 Å². The van der Waals surface area contributed by atoms with Crippen molar-refractivity contribution in [2.45, 2.75) is 57.7 Å². The second-order valence-corrected chi connectivity index (χ2v) is 7.91. The zero-order valence-corrected chi connectivity index (χ0v) is 16.0. The van der Waals surface area contributed by atoms with E-state index in [2.05, 4.69) is 24.3 Å². The predicted octanol–water partition coefficient (Wildman–Crippen LogP) is 3.51. The molecule has 0 aromatic heterocycles. The van der Waals surface area contributed by atoms with Crippen LogP contribution in [-0.4, -0.2) is 37.2 Å². The van der Waals surface area contributed by atoms with Crippen LogP contribution in [0.4, 0.5) is 0 Å². The lowest BCUT2D eigenvalue weighted by molar-refractivity contribution is -0.158. The Morgan fingerprint density at radius 1 is 1.19 bits per heavy atom. The molecular weight excluding hydrogens is 343 g/mol. The number of fused-ring (bicyclic) bond motifs is 1. The molecule has 2 aromatic rings. The Labute approximate surface area is 160 Å². The maximum absolute atomic E-state index is 12.1. The summed E-state index contributed by atoms with van der Waals surface area (Å²) in [6.45, 7) is 5.48. The molecule has 0 radical (unpaired) electrons. The SMILES string of the molecule is CC(C)(C)OC(=O)C[C@H]1C[C@@H](C=O)OB(Cc2ccc3ccccc3c2)O1. The highest BCUT2D eigenvalue weighted by atomic mass is 16.6. The highest BCUT2D eigenvalue weighted by Gasteiger charge is 2.35. The van der Waals surface area contributed by atoms with E-state index >= 15 is 0 Å². The molecule has 0 saturated carbocycles. The van der Waals surface area contributed by atoms with Crippen LogP contribution in [0.2, 0.25) is 0 Å². The van der Waals surface area contributed by atoms with Crippen LogP contribution in [0, 0.1) is 0 Å². The number of ether oxygens (including phenoxy) is 1. The molecule has 0 bridgehead atoms. The third kappa shape index (κ3) is 5.65. The Bertz CT molecular complexity index is 814. The summed E-state index contributed by atoms with van der Waals surface area (Å²) >= 11 is 0. The number of benzene rings is 2. The first-order valence-electron chi connectivity index (χ1n) is 9.28. The van der Waals surface area contributed by atoms with Crippen molar-refractivity contribution in [3.05, 3.63) is 48.0 Å². The molecule has 2 atom stereocenters. The van der Waals surface area contributed by atoms with Crippen molar-refractivity contribution in [1.82, 2.24) is 0 Å². The van der Waals surface area contributed by atoms with E-state index in [1.54, 1.807) is 0 Å². The maximum Gasteiger partial charge on any atom is 0.462 e. The average Bonchev–Trinajstić information content (AvgIpc) is 2.59.